The highest BCUT2D eigenvalue weighted by molar-refractivity contribution is 5.69. The zero-order valence-corrected chi connectivity index (χ0v) is 14.0. The van der Waals surface area contributed by atoms with E-state index in [1.807, 2.05) is 12.1 Å². The number of hydrogen-bond donors (Lipinski definition) is 1. The summed E-state index contributed by atoms with van der Waals surface area (Å²) in [6, 6.07) is 5.98. The molecular formula is C18H21N5O. The molecule has 2 heterocycles. The van der Waals surface area contributed by atoms with Gasteiger partial charge in [-0.05, 0) is 49.3 Å². The number of nitrogens with zero attached hydrogens (tertiary/aromatic N) is 4. The Kier molecular flexibility index (Phi) is 4.90. The first-order chi connectivity index (χ1) is 11.7. The Labute approximate surface area is 141 Å². The van der Waals surface area contributed by atoms with Gasteiger partial charge in [0, 0.05) is 18.4 Å². The predicted molar refractivity (Wildman–Crippen MR) is 91.6 cm³/mol. The lowest BCUT2D eigenvalue weighted by Gasteiger charge is -2.27. The number of pyridine rings is 1. The van der Waals surface area contributed by atoms with Gasteiger partial charge in [0.1, 0.15) is 11.8 Å². The van der Waals surface area contributed by atoms with Crippen LogP contribution in [0.1, 0.15) is 38.3 Å². The highest BCUT2D eigenvalue weighted by Gasteiger charge is 2.19. The Morgan fingerprint density at radius 3 is 2.75 bits per heavy atom. The van der Waals surface area contributed by atoms with Gasteiger partial charge >= 0.3 is 0 Å². The summed E-state index contributed by atoms with van der Waals surface area (Å²) < 4.78 is 5.43. The molecule has 6 heteroatoms. The zero-order valence-electron chi connectivity index (χ0n) is 14.0. The van der Waals surface area contributed by atoms with Gasteiger partial charge in [-0.2, -0.15) is 10.2 Å². The fourth-order valence-corrected chi connectivity index (χ4v) is 3.04. The van der Waals surface area contributed by atoms with Gasteiger partial charge in [-0.3, -0.25) is 0 Å². The summed E-state index contributed by atoms with van der Waals surface area (Å²) >= 11 is 0. The second-order valence-corrected chi connectivity index (χ2v) is 6.26. The molecule has 0 spiro atoms. The van der Waals surface area contributed by atoms with Crippen LogP contribution in [-0.4, -0.2) is 28.1 Å². The number of nitriles is 1. The van der Waals surface area contributed by atoms with E-state index in [0.717, 1.165) is 29.9 Å². The maximum atomic E-state index is 9.00. The van der Waals surface area contributed by atoms with Crippen LogP contribution in [0.25, 0.3) is 11.1 Å². The van der Waals surface area contributed by atoms with E-state index in [-0.39, 0.29) is 0 Å². The summed E-state index contributed by atoms with van der Waals surface area (Å²) in [6.07, 6.45) is 8.09. The average Bonchev–Trinajstić information content (AvgIpc) is 2.63. The minimum Gasteiger partial charge on any atom is -0.480 e. The number of hydrogen-bond acceptors (Lipinski definition) is 6. The molecular weight excluding hydrogens is 302 g/mol. The molecule has 24 heavy (non-hydrogen) atoms. The van der Waals surface area contributed by atoms with E-state index in [1.54, 1.807) is 25.6 Å². The zero-order chi connectivity index (χ0) is 16.9. The second-order valence-electron chi connectivity index (χ2n) is 6.26. The van der Waals surface area contributed by atoms with Crippen molar-refractivity contribution in [3.05, 3.63) is 30.2 Å². The van der Waals surface area contributed by atoms with Crippen molar-refractivity contribution >= 4 is 5.95 Å². The predicted octanol–water partition coefficient (Wildman–Crippen LogP) is 3.41. The van der Waals surface area contributed by atoms with Crippen molar-refractivity contribution < 1.29 is 4.74 Å². The lowest BCUT2D eigenvalue weighted by Crippen LogP contribution is -2.26. The molecule has 0 amide bonds. The molecule has 1 aliphatic carbocycles. The first kappa shape index (κ1) is 16.2. The maximum absolute atomic E-state index is 9.00. The third-order valence-electron chi connectivity index (χ3n) is 4.48. The molecule has 0 aromatic carbocycles. The largest absolute Gasteiger partial charge is 0.480 e. The lowest BCUT2D eigenvalue weighted by atomic mass is 9.87. The minimum absolute atomic E-state index is 0.355. The fourth-order valence-electron chi connectivity index (χ4n) is 3.04. The van der Waals surface area contributed by atoms with Crippen LogP contribution in [0.3, 0.4) is 0 Å². The van der Waals surface area contributed by atoms with Gasteiger partial charge in [0.15, 0.2) is 0 Å². The van der Waals surface area contributed by atoms with Crippen LogP contribution in [0, 0.1) is 17.2 Å². The SMILES string of the molecule is COc1nc(N[C@H]2CC[C@H](C)CC2)ncc1-c1ccnc(C#N)c1. The number of aromatic nitrogens is 3. The van der Waals surface area contributed by atoms with Crippen LogP contribution in [0.15, 0.2) is 24.5 Å². The van der Waals surface area contributed by atoms with Crippen LogP contribution >= 0.6 is 0 Å². The number of nitrogens with one attached hydrogen (secondary N) is 1. The Bertz CT molecular complexity index is 747. The fraction of sp³-hybridized carbons (Fsp3) is 0.444. The van der Waals surface area contributed by atoms with E-state index in [1.165, 1.54) is 12.8 Å². The lowest BCUT2D eigenvalue weighted by molar-refractivity contribution is 0.359. The van der Waals surface area contributed by atoms with Crippen LogP contribution in [0.2, 0.25) is 0 Å². The Morgan fingerprint density at radius 2 is 2.04 bits per heavy atom. The van der Waals surface area contributed by atoms with Crippen LogP contribution < -0.4 is 10.1 Å². The van der Waals surface area contributed by atoms with Crippen molar-refractivity contribution in [3.63, 3.8) is 0 Å². The van der Waals surface area contributed by atoms with E-state index in [4.69, 9.17) is 10.00 Å². The number of methoxy groups -OCH3 is 1. The third kappa shape index (κ3) is 3.62. The monoisotopic (exact) mass is 323 g/mol. The molecule has 2 aromatic rings. The van der Waals surface area contributed by atoms with Gasteiger partial charge in [0.05, 0.1) is 12.7 Å². The summed E-state index contributed by atoms with van der Waals surface area (Å²) in [5.74, 6) is 1.89. The van der Waals surface area contributed by atoms with Gasteiger partial charge in [0.2, 0.25) is 11.8 Å². The molecule has 124 valence electrons. The maximum Gasteiger partial charge on any atom is 0.226 e. The third-order valence-corrected chi connectivity index (χ3v) is 4.48. The van der Waals surface area contributed by atoms with Crippen molar-refractivity contribution in [2.75, 3.05) is 12.4 Å². The number of ether oxygens (including phenoxy) is 1. The van der Waals surface area contributed by atoms with E-state index in [2.05, 4.69) is 27.2 Å². The van der Waals surface area contributed by atoms with Gasteiger partial charge in [-0.25, -0.2) is 9.97 Å². The first-order valence-corrected chi connectivity index (χ1v) is 8.23. The molecule has 0 radical (unpaired) electrons. The van der Waals surface area contributed by atoms with Crippen molar-refractivity contribution in [2.45, 2.75) is 38.6 Å². The van der Waals surface area contributed by atoms with E-state index < -0.39 is 0 Å². The van der Waals surface area contributed by atoms with E-state index in [0.29, 0.717) is 23.6 Å². The van der Waals surface area contributed by atoms with Crippen LogP contribution in [0.5, 0.6) is 5.88 Å². The van der Waals surface area contributed by atoms with E-state index >= 15 is 0 Å². The topological polar surface area (TPSA) is 83.7 Å². The quantitative estimate of drug-likeness (QED) is 0.928. The molecule has 1 N–H and O–H groups in total. The normalized spacial score (nSPS) is 20.2. The van der Waals surface area contributed by atoms with Crippen molar-refractivity contribution in [3.8, 4) is 23.1 Å². The molecule has 0 unspecified atom stereocenters. The van der Waals surface area contributed by atoms with Crippen molar-refractivity contribution in [2.24, 2.45) is 5.92 Å². The van der Waals surface area contributed by atoms with Gasteiger partial charge < -0.3 is 10.1 Å². The molecule has 1 aliphatic rings. The van der Waals surface area contributed by atoms with Gasteiger partial charge in [0.25, 0.3) is 0 Å². The molecule has 6 nitrogen and oxygen atoms in total. The Hall–Kier alpha value is -2.68. The van der Waals surface area contributed by atoms with Crippen LogP contribution in [-0.2, 0) is 0 Å². The molecule has 1 fully saturated rings. The molecule has 0 saturated heterocycles. The summed E-state index contributed by atoms with van der Waals surface area (Å²) in [4.78, 5) is 12.9. The molecule has 0 aliphatic heterocycles. The molecule has 1 saturated carbocycles. The molecule has 2 aromatic heterocycles. The summed E-state index contributed by atoms with van der Waals surface area (Å²) in [6.45, 7) is 2.30. The van der Waals surface area contributed by atoms with E-state index in [9.17, 15) is 0 Å². The molecule has 0 atom stereocenters. The summed E-state index contributed by atoms with van der Waals surface area (Å²) in [7, 11) is 1.59. The molecule has 0 bridgehead atoms. The Balaban J connectivity index is 1.81. The second kappa shape index (κ2) is 7.26. The highest BCUT2D eigenvalue weighted by atomic mass is 16.5. The van der Waals surface area contributed by atoms with Crippen molar-refractivity contribution in [1.82, 2.24) is 15.0 Å². The van der Waals surface area contributed by atoms with Gasteiger partial charge in [-0.1, -0.05) is 6.92 Å². The summed E-state index contributed by atoms with van der Waals surface area (Å²) in [5, 5.41) is 12.4. The average molecular weight is 323 g/mol. The molecule has 3 rings (SSSR count). The van der Waals surface area contributed by atoms with Crippen molar-refractivity contribution in [1.29, 1.82) is 5.26 Å². The smallest absolute Gasteiger partial charge is 0.226 e. The standard InChI is InChI=1S/C18H21N5O/c1-12-3-5-14(6-4-12)22-18-21-11-16(17(23-18)24-2)13-7-8-20-15(9-13)10-19/h7-9,11-12,14H,3-6H2,1-2H3,(H,21,22,23)/t12-,14-. The van der Waals surface area contributed by atoms with Gasteiger partial charge in [-0.15, -0.1) is 0 Å². The summed E-state index contributed by atoms with van der Waals surface area (Å²) in [5.41, 5.74) is 1.92. The highest BCUT2D eigenvalue weighted by Crippen LogP contribution is 2.30. The first-order valence-electron chi connectivity index (χ1n) is 8.23. The minimum atomic E-state index is 0.355. The number of rotatable bonds is 4. The van der Waals surface area contributed by atoms with Crippen LogP contribution in [0.4, 0.5) is 5.95 Å². The Morgan fingerprint density at radius 1 is 1.25 bits per heavy atom. The number of anilines is 1.